The van der Waals surface area contributed by atoms with E-state index < -0.39 is 7.14 Å². The Hall–Kier alpha value is -0.830. The van der Waals surface area contributed by atoms with Crippen molar-refractivity contribution in [1.82, 2.24) is 5.06 Å². The monoisotopic (exact) mass is 381 g/mol. The lowest BCUT2D eigenvalue weighted by Gasteiger charge is -2.28. The van der Waals surface area contributed by atoms with Crippen LogP contribution in [0.5, 0.6) is 0 Å². The zero-order valence-corrected chi connectivity index (χ0v) is 15.6. The van der Waals surface area contributed by atoms with Gasteiger partial charge in [0.25, 0.3) is 0 Å². The molecule has 0 amide bonds. The highest BCUT2D eigenvalue weighted by atomic mass is 35.5. The molecule has 0 aliphatic carbocycles. The van der Waals surface area contributed by atoms with E-state index in [-0.39, 0.29) is 17.8 Å². The third-order valence-electron chi connectivity index (χ3n) is 5.10. The van der Waals surface area contributed by atoms with Crippen molar-refractivity contribution < 1.29 is 9.40 Å². The second-order valence-electron chi connectivity index (χ2n) is 6.43. The molecule has 3 nitrogen and oxygen atoms in total. The normalized spacial score (nSPS) is 32.9. The fraction of sp³-hybridized carbons (Fsp3) is 0.333. The molecule has 2 fully saturated rings. The van der Waals surface area contributed by atoms with Gasteiger partial charge in [0.15, 0.2) is 0 Å². The fourth-order valence-electron chi connectivity index (χ4n) is 4.05. The average Bonchev–Trinajstić information content (AvgIpc) is 3.06. The fourth-order valence-corrected chi connectivity index (χ4v) is 8.33. The molecule has 0 radical (unpaired) electrons. The maximum atomic E-state index is 14.0. The predicted molar refractivity (Wildman–Crippen MR) is 98.8 cm³/mol. The number of benzene rings is 2. The van der Waals surface area contributed by atoms with Gasteiger partial charge in [-0.2, -0.15) is 5.06 Å². The van der Waals surface area contributed by atoms with Crippen molar-refractivity contribution in [1.29, 1.82) is 0 Å². The summed E-state index contributed by atoms with van der Waals surface area (Å²) in [4.78, 5) is 6.02. The highest BCUT2D eigenvalue weighted by Gasteiger charge is 2.57. The number of fused-ring (bicyclic) bond motifs is 1. The number of hydrogen-bond acceptors (Lipinski definition) is 3. The van der Waals surface area contributed by atoms with Crippen LogP contribution in [0.3, 0.4) is 0 Å². The molecule has 0 unspecified atom stereocenters. The molecule has 2 aliphatic heterocycles. The summed E-state index contributed by atoms with van der Waals surface area (Å²) in [6.07, 6.45) is 1.46. The summed E-state index contributed by atoms with van der Waals surface area (Å²) in [6.45, 7) is 0. The molecule has 0 saturated carbocycles. The van der Waals surface area contributed by atoms with Crippen molar-refractivity contribution >= 4 is 35.6 Å². The first kappa shape index (κ1) is 16.6. The SMILES string of the molecule is CN1O[C@H]2CC[P@](=O)(c3ccccc3)[C@H]2[C@@H]1c1ccc(Cl)cc1Cl. The molecule has 2 saturated heterocycles. The summed E-state index contributed by atoms with van der Waals surface area (Å²) in [6, 6.07) is 15.2. The molecule has 0 N–H and O–H groups in total. The van der Waals surface area contributed by atoms with E-state index in [1.54, 1.807) is 6.07 Å². The van der Waals surface area contributed by atoms with E-state index in [1.807, 2.05) is 54.6 Å². The first-order chi connectivity index (χ1) is 11.5. The maximum absolute atomic E-state index is 14.0. The van der Waals surface area contributed by atoms with E-state index in [4.69, 9.17) is 28.0 Å². The Morgan fingerprint density at radius 3 is 2.62 bits per heavy atom. The first-order valence-electron chi connectivity index (χ1n) is 7.99. The number of rotatable bonds is 2. The van der Waals surface area contributed by atoms with E-state index >= 15 is 0 Å². The molecule has 2 aromatic rings. The van der Waals surface area contributed by atoms with Gasteiger partial charge in [0.2, 0.25) is 0 Å². The zero-order valence-electron chi connectivity index (χ0n) is 13.2. The molecule has 2 heterocycles. The van der Waals surface area contributed by atoms with Crippen LogP contribution in [0.15, 0.2) is 48.5 Å². The minimum Gasteiger partial charge on any atom is -0.318 e. The third-order valence-corrected chi connectivity index (χ3v) is 9.34. The second kappa shape index (κ2) is 6.16. The molecule has 4 atom stereocenters. The van der Waals surface area contributed by atoms with E-state index in [1.165, 1.54) is 0 Å². The van der Waals surface area contributed by atoms with Gasteiger partial charge in [-0.3, -0.25) is 4.84 Å². The highest BCUT2D eigenvalue weighted by molar-refractivity contribution is 7.72. The van der Waals surface area contributed by atoms with Crippen LogP contribution in [-0.2, 0) is 9.40 Å². The Morgan fingerprint density at radius 1 is 1.17 bits per heavy atom. The van der Waals surface area contributed by atoms with Gasteiger partial charge in [-0.1, -0.05) is 59.6 Å². The first-order valence-corrected chi connectivity index (χ1v) is 10.7. The molecule has 0 aromatic heterocycles. The number of nitrogens with zero attached hydrogens (tertiary/aromatic N) is 1. The van der Waals surface area contributed by atoms with Crippen LogP contribution in [0.2, 0.25) is 10.0 Å². The van der Waals surface area contributed by atoms with Gasteiger partial charge in [-0.05, 0) is 24.1 Å². The van der Waals surface area contributed by atoms with Crippen molar-refractivity contribution in [2.45, 2.75) is 24.2 Å². The van der Waals surface area contributed by atoms with Gasteiger partial charge in [0.05, 0.1) is 17.8 Å². The van der Waals surface area contributed by atoms with Crippen LogP contribution in [0, 0.1) is 0 Å². The number of hydrogen-bond donors (Lipinski definition) is 0. The van der Waals surface area contributed by atoms with Crippen molar-refractivity contribution in [3.05, 3.63) is 64.1 Å². The van der Waals surface area contributed by atoms with Crippen LogP contribution in [0.1, 0.15) is 18.0 Å². The standard InChI is InChI=1S/C18H18Cl2NO2P/c1-21-17(14-8-7-12(19)11-15(14)20)18-16(23-21)9-10-24(18,22)13-5-3-2-4-6-13/h2-8,11,16-18H,9-10H2,1H3/t16-,17-,18+,24-/m0/s1. The van der Waals surface area contributed by atoms with Gasteiger partial charge in [0.1, 0.15) is 7.14 Å². The van der Waals surface area contributed by atoms with Crippen molar-refractivity contribution in [3.8, 4) is 0 Å². The smallest absolute Gasteiger partial charge is 0.123 e. The molecule has 2 aromatic carbocycles. The van der Waals surface area contributed by atoms with Crippen molar-refractivity contribution in [2.75, 3.05) is 13.2 Å². The van der Waals surface area contributed by atoms with Crippen LogP contribution in [0.4, 0.5) is 0 Å². The largest absolute Gasteiger partial charge is 0.318 e. The van der Waals surface area contributed by atoms with Gasteiger partial charge < -0.3 is 4.57 Å². The molecule has 24 heavy (non-hydrogen) atoms. The zero-order chi connectivity index (χ0) is 16.9. The van der Waals surface area contributed by atoms with Gasteiger partial charge >= 0.3 is 0 Å². The van der Waals surface area contributed by atoms with Crippen LogP contribution < -0.4 is 5.30 Å². The molecule has 126 valence electrons. The highest BCUT2D eigenvalue weighted by Crippen LogP contribution is 2.65. The lowest BCUT2D eigenvalue weighted by atomic mass is 10.0. The molecule has 0 spiro atoms. The van der Waals surface area contributed by atoms with E-state index in [0.29, 0.717) is 16.2 Å². The summed E-state index contributed by atoms with van der Waals surface area (Å²) >= 11 is 12.5. The maximum Gasteiger partial charge on any atom is 0.123 e. The quantitative estimate of drug-likeness (QED) is 0.703. The lowest BCUT2D eigenvalue weighted by Crippen LogP contribution is -2.27. The van der Waals surface area contributed by atoms with Gasteiger partial charge in [-0.25, -0.2) is 0 Å². The number of hydroxylamine groups is 2. The summed E-state index contributed by atoms with van der Waals surface area (Å²) in [5.74, 6) is 0. The summed E-state index contributed by atoms with van der Waals surface area (Å²) in [7, 11) is -0.683. The summed E-state index contributed by atoms with van der Waals surface area (Å²) < 4.78 is 14.0. The Labute approximate surface area is 151 Å². The predicted octanol–water partition coefficient (Wildman–Crippen LogP) is 4.74. The minimum atomic E-state index is -2.58. The second-order valence-corrected chi connectivity index (χ2v) is 10.4. The van der Waals surface area contributed by atoms with Crippen LogP contribution in [-0.4, -0.2) is 30.0 Å². The molecule has 4 rings (SSSR count). The Morgan fingerprint density at radius 2 is 1.92 bits per heavy atom. The van der Waals surface area contributed by atoms with E-state index in [0.717, 1.165) is 17.3 Å². The van der Waals surface area contributed by atoms with Gasteiger partial charge in [0, 0.05) is 28.6 Å². The summed E-state index contributed by atoms with van der Waals surface area (Å²) in [5, 5.41) is 3.94. The van der Waals surface area contributed by atoms with Crippen molar-refractivity contribution in [3.63, 3.8) is 0 Å². The summed E-state index contributed by atoms with van der Waals surface area (Å²) in [5.41, 5.74) is 0.845. The lowest BCUT2D eigenvalue weighted by molar-refractivity contribution is -0.143. The molecule has 0 bridgehead atoms. The molecule has 2 aliphatic rings. The van der Waals surface area contributed by atoms with E-state index in [2.05, 4.69) is 0 Å². The van der Waals surface area contributed by atoms with Crippen molar-refractivity contribution in [2.24, 2.45) is 0 Å². The Balaban J connectivity index is 1.81. The third kappa shape index (κ3) is 2.55. The average molecular weight is 382 g/mol. The molecular formula is C18H18Cl2NO2P. The number of halogens is 2. The van der Waals surface area contributed by atoms with Gasteiger partial charge in [-0.15, -0.1) is 0 Å². The van der Waals surface area contributed by atoms with Crippen LogP contribution in [0.25, 0.3) is 0 Å². The molecule has 6 heteroatoms. The molecular weight excluding hydrogens is 364 g/mol. The topological polar surface area (TPSA) is 29.5 Å². The Bertz CT molecular complexity index is 814. The van der Waals surface area contributed by atoms with Crippen LogP contribution >= 0.6 is 30.3 Å². The Kier molecular flexibility index (Phi) is 4.27. The van der Waals surface area contributed by atoms with E-state index in [9.17, 15) is 4.57 Å². The minimum absolute atomic E-state index is 0.0298.